The molecule has 172 valence electrons. The molecule has 0 bridgehead atoms. The van der Waals surface area contributed by atoms with Gasteiger partial charge in [0.1, 0.15) is 23.7 Å². The molecule has 3 aromatic rings. The molecule has 1 aliphatic rings. The van der Waals surface area contributed by atoms with Gasteiger partial charge in [-0.2, -0.15) is 4.39 Å². The summed E-state index contributed by atoms with van der Waals surface area (Å²) in [7, 11) is 1.39. The summed E-state index contributed by atoms with van der Waals surface area (Å²) < 4.78 is 25.0. The van der Waals surface area contributed by atoms with Crippen molar-refractivity contribution < 1.29 is 19.0 Å². The van der Waals surface area contributed by atoms with Gasteiger partial charge in [0.25, 0.3) is 0 Å². The molecule has 1 aromatic heterocycles. The maximum Gasteiger partial charge on any atom is 0.207 e. The molecular weight excluding hydrogens is 425 g/mol. The van der Waals surface area contributed by atoms with Crippen molar-refractivity contribution in [1.82, 2.24) is 9.97 Å². The summed E-state index contributed by atoms with van der Waals surface area (Å²) in [6.45, 7) is 0. The van der Waals surface area contributed by atoms with E-state index in [0.29, 0.717) is 29.1 Å². The third-order valence-corrected chi connectivity index (χ3v) is 5.63. The first kappa shape index (κ1) is 22.5. The Morgan fingerprint density at radius 3 is 2.64 bits per heavy atom. The zero-order valence-corrected chi connectivity index (χ0v) is 18.2. The van der Waals surface area contributed by atoms with E-state index in [1.807, 2.05) is 0 Å². The van der Waals surface area contributed by atoms with Crippen LogP contribution in [0.4, 0.5) is 16.0 Å². The third kappa shape index (κ3) is 5.04. The van der Waals surface area contributed by atoms with Gasteiger partial charge in [0, 0.05) is 11.6 Å². The molecule has 0 aliphatic heterocycles. The summed E-state index contributed by atoms with van der Waals surface area (Å²) in [5, 5.41) is 22.0. The topological polar surface area (TPSA) is 126 Å². The van der Waals surface area contributed by atoms with Gasteiger partial charge < -0.3 is 25.6 Å². The van der Waals surface area contributed by atoms with Crippen LogP contribution in [0.2, 0.25) is 0 Å². The number of anilines is 2. The smallest absolute Gasteiger partial charge is 0.207 e. The molecule has 1 fully saturated rings. The Balaban J connectivity index is 1.54. The van der Waals surface area contributed by atoms with Crippen LogP contribution in [0.15, 0.2) is 48.8 Å². The third-order valence-electron chi connectivity index (χ3n) is 5.63. The van der Waals surface area contributed by atoms with Gasteiger partial charge >= 0.3 is 0 Å². The second-order valence-electron chi connectivity index (χ2n) is 7.92. The number of nitrogens with two attached hydrogens (primary N) is 1. The van der Waals surface area contributed by atoms with Crippen molar-refractivity contribution >= 4 is 17.3 Å². The Labute approximate surface area is 191 Å². The van der Waals surface area contributed by atoms with Crippen LogP contribution in [0.5, 0.6) is 17.2 Å². The zero-order chi connectivity index (χ0) is 23.4. The Kier molecular flexibility index (Phi) is 6.69. The average Bonchev–Trinajstić information content (AvgIpc) is 2.81. The molecule has 0 amide bonds. The average molecular weight is 452 g/mol. The Morgan fingerprint density at radius 2 is 1.91 bits per heavy atom. The minimum absolute atomic E-state index is 0.0408. The molecule has 1 aliphatic carbocycles. The molecular formula is C24H26FN5O3. The van der Waals surface area contributed by atoms with E-state index < -0.39 is 5.82 Å². The van der Waals surface area contributed by atoms with Gasteiger partial charge in [-0.25, -0.2) is 9.97 Å². The van der Waals surface area contributed by atoms with Gasteiger partial charge in [-0.1, -0.05) is 6.07 Å². The van der Waals surface area contributed by atoms with Crippen molar-refractivity contribution in [2.24, 2.45) is 0 Å². The first-order chi connectivity index (χ1) is 16.0. The number of rotatable bonds is 7. The second-order valence-corrected chi connectivity index (χ2v) is 7.92. The lowest BCUT2D eigenvalue weighted by atomic mass is 9.92. The molecule has 1 saturated carbocycles. The molecule has 1 heterocycles. The van der Waals surface area contributed by atoms with E-state index in [4.69, 9.17) is 20.6 Å². The van der Waals surface area contributed by atoms with Crippen molar-refractivity contribution in [3.63, 3.8) is 0 Å². The summed E-state index contributed by atoms with van der Waals surface area (Å²) in [5.74, 6) is 0.605. The molecule has 2 unspecified atom stereocenters. The number of nitrogens with zero attached hydrogens (tertiary/aromatic N) is 2. The Hall–Kier alpha value is -3.72. The molecule has 0 saturated heterocycles. The standard InChI is InChI=1S/C24H26FN5O3/c1-32-18-6-3-7-19(21(18)25)33-17-10-8-14(9-11-17)22(26)20-23(27)28-13-29-24(20)30-15-4-2-5-16(31)12-15/h3,6-11,13,15-16,26,31H,2,4-5,12H2,1H3,(H3,27,28,29,30). The van der Waals surface area contributed by atoms with Gasteiger partial charge in [0.05, 0.1) is 24.5 Å². The molecule has 5 N–H and O–H groups in total. The number of hydrogen-bond acceptors (Lipinski definition) is 8. The lowest BCUT2D eigenvalue weighted by molar-refractivity contribution is 0.124. The minimum atomic E-state index is -0.588. The van der Waals surface area contributed by atoms with Crippen LogP contribution in [-0.4, -0.2) is 40.0 Å². The first-order valence-corrected chi connectivity index (χ1v) is 10.7. The molecule has 4 rings (SSSR count). The van der Waals surface area contributed by atoms with E-state index in [9.17, 15) is 9.50 Å². The normalized spacial score (nSPS) is 17.9. The van der Waals surface area contributed by atoms with E-state index >= 15 is 0 Å². The van der Waals surface area contributed by atoms with E-state index in [2.05, 4.69) is 15.3 Å². The van der Waals surface area contributed by atoms with Crippen LogP contribution < -0.4 is 20.5 Å². The highest BCUT2D eigenvalue weighted by Crippen LogP contribution is 2.31. The summed E-state index contributed by atoms with van der Waals surface area (Å²) in [6, 6.07) is 11.4. The fraction of sp³-hybridized carbons (Fsp3) is 0.292. The number of ether oxygens (including phenoxy) is 2. The van der Waals surface area contributed by atoms with Gasteiger partial charge in [-0.3, -0.25) is 5.41 Å². The maximum absolute atomic E-state index is 14.4. The van der Waals surface area contributed by atoms with Crippen LogP contribution >= 0.6 is 0 Å². The predicted octanol–water partition coefficient (Wildman–Crippen LogP) is 4.13. The molecule has 2 aromatic carbocycles. The predicted molar refractivity (Wildman–Crippen MR) is 124 cm³/mol. The molecule has 0 radical (unpaired) electrons. The van der Waals surface area contributed by atoms with Crippen molar-refractivity contribution in [1.29, 1.82) is 5.41 Å². The molecule has 33 heavy (non-hydrogen) atoms. The van der Waals surface area contributed by atoms with Gasteiger partial charge in [-0.05, 0) is 62.1 Å². The highest BCUT2D eigenvalue weighted by Gasteiger charge is 2.23. The van der Waals surface area contributed by atoms with Gasteiger partial charge in [0.2, 0.25) is 5.82 Å². The van der Waals surface area contributed by atoms with Crippen molar-refractivity contribution in [2.75, 3.05) is 18.2 Å². The maximum atomic E-state index is 14.4. The highest BCUT2D eigenvalue weighted by molar-refractivity contribution is 6.16. The van der Waals surface area contributed by atoms with Crippen molar-refractivity contribution in [2.45, 2.75) is 37.8 Å². The monoisotopic (exact) mass is 451 g/mol. The summed E-state index contributed by atoms with van der Waals surface area (Å²) in [6.07, 6.45) is 4.24. The van der Waals surface area contributed by atoms with E-state index in [0.717, 1.165) is 19.3 Å². The summed E-state index contributed by atoms with van der Waals surface area (Å²) in [5.41, 5.74) is 7.22. The van der Waals surface area contributed by atoms with Crippen LogP contribution in [0.25, 0.3) is 0 Å². The lowest BCUT2D eigenvalue weighted by Crippen LogP contribution is -2.31. The minimum Gasteiger partial charge on any atom is -0.494 e. The zero-order valence-electron chi connectivity index (χ0n) is 18.2. The highest BCUT2D eigenvalue weighted by atomic mass is 19.1. The summed E-state index contributed by atoms with van der Waals surface area (Å²) in [4.78, 5) is 8.35. The number of aliphatic hydroxyl groups excluding tert-OH is 1. The van der Waals surface area contributed by atoms with Gasteiger partial charge in [-0.15, -0.1) is 0 Å². The van der Waals surface area contributed by atoms with Crippen LogP contribution in [0.3, 0.4) is 0 Å². The Bertz CT molecular complexity index is 1140. The van der Waals surface area contributed by atoms with Crippen LogP contribution in [0, 0.1) is 11.2 Å². The molecule has 2 atom stereocenters. The van der Waals surface area contributed by atoms with Crippen LogP contribution in [-0.2, 0) is 0 Å². The number of methoxy groups -OCH3 is 1. The number of nitrogen functional groups attached to an aromatic ring is 1. The number of nitrogens with one attached hydrogen (secondary N) is 2. The van der Waals surface area contributed by atoms with E-state index in [1.54, 1.807) is 30.3 Å². The second kappa shape index (κ2) is 9.83. The first-order valence-electron chi connectivity index (χ1n) is 10.7. The van der Waals surface area contributed by atoms with E-state index in [-0.39, 0.29) is 35.2 Å². The number of benzene rings is 2. The largest absolute Gasteiger partial charge is 0.494 e. The van der Waals surface area contributed by atoms with Gasteiger partial charge in [0.15, 0.2) is 11.5 Å². The number of hydrogen-bond donors (Lipinski definition) is 4. The Morgan fingerprint density at radius 1 is 1.15 bits per heavy atom. The quantitative estimate of drug-likeness (QED) is 0.398. The number of aliphatic hydroxyl groups is 1. The number of halogens is 1. The molecule has 8 nitrogen and oxygen atoms in total. The lowest BCUT2D eigenvalue weighted by Gasteiger charge is -2.28. The SMILES string of the molecule is COc1cccc(Oc2ccc(C(=N)c3c(N)ncnc3NC3CCCC(O)C3)cc2)c1F. The fourth-order valence-corrected chi connectivity index (χ4v) is 3.93. The van der Waals surface area contributed by atoms with Crippen molar-refractivity contribution in [3.05, 3.63) is 65.7 Å². The summed E-state index contributed by atoms with van der Waals surface area (Å²) >= 11 is 0. The van der Waals surface area contributed by atoms with E-state index in [1.165, 1.54) is 25.6 Å². The number of aromatic nitrogens is 2. The fourth-order valence-electron chi connectivity index (χ4n) is 3.93. The molecule has 0 spiro atoms. The molecule has 9 heteroatoms. The van der Waals surface area contributed by atoms with Crippen molar-refractivity contribution in [3.8, 4) is 17.2 Å². The van der Waals surface area contributed by atoms with Crippen LogP contribution in [0.1, 0.15) is 36.8 Å².